The summed E-state index contributed by atoms with van der Waals surface area (Å²) in [7, 11) is 0.230. The molecular formula is C33H36O5Si. The fourth-order valence-corrected chi connectivity index (χ4v) is 5.61. The van der Waals surface area contributed by atoms with Crippen LogP contribution in [0.5, 0.6) is 11.5 Å². The number of hydrogen-bond acceptors (Lipinski definition) is 5. The Hall–Kier alpha value is -3.35. The maximum absolute atomic E-state index is 13.5. The molecule has 6 heteroatoms. The van der Waals surface area contributed by atoms with Crippen molar-refractivity contribution in [2.75, 3.05) is 6.61 Å². The van der Waals surface area contributed by atoms with Crippen LogP contribution in [0.2, 0.25) is 5.04 Å². The van der Waals surface area contributed by atoms with Gasteiger partial charge in [0.25, 0.3) is 0 Å². The highest BCUT2D eigenvalue weighted by molar-refractivity contribution is 6.31. The average molecular weight is 541 g/mol. The van der Waals surface area contributed by atoms with E-state index in [1.165, 1.54) is 5.56 Å². The topological polar surface area (TPSA) is 57.9 Å². The van der Waals surface area contributed by atoms with Crippen molar-refractivity contribution in [1.82, 2.24) is 0 Å². The second-order valence-electron chi connectivity index (χ2n) is 11.7. The zero-order valence-electron chi connectivity index (χ0n) is 23.6. The molecule has 1 aromatic heterocycles. The van der Waals surface area contributed by atoms with Gasteiger partial charge in [-0.1, -0.05) is 57.2 Å². The molecule has 0 fully saturated rings. The molecule has 0 spiro atoms. The van der Waals surface area contributed by atoms with E-state index in [2.05, 4.69) is 33.8 Å². The largest absolute Gasteiger partial charge is 0.493 e. The lowest BCUT2D eigenvalue weighted by atomic mass is 9.87. The van der Waals surface area contributed by atoms with E-state index in [0.29, 0.717) is 23.5 Å². The van der Waals surface area contributed by atoms with Gasteiger partial charge in [-0.3, -0.25) is 0 Å². The molecule has 0 saturated heterocycles. The van der Waals surface area contributed by atoms with Gasteiger partial charge in [0.05, 0.1) is 12.0 Å². The monoisotopic (exact) mass is 540 g/mol. The first-order valence-electron chi connectivity index (χ1n) is 13.5. The number of rotatable bonds is 7. The molecule has 0 amide bonds. The first kappa shape index (κ1) is 27.2. The average Bonchev–Trinajstić information content (AvgIpc) is 2.92. The summed E-state index contributed by atoms with van der Waals surface area (Å²) < 4.78 is 24.6. The van der Waals surface area contributed by atoms with Crippen molar-refractivity contribution < 1.29 is 18.3 Å². The Morgan fingerprint density at radius 3 is 2.46 bits per heavy atom. The molecule has 0 bridgehead atoms. The summed E-state index contributed by atoms with van der Waals surface area (Å²) in [6.07, 6.45) is 1.94. The van der Waals surface area contributed by atoms with E-state index < -0.39 is 11.2 Å². The van der Waals surface area contributed by atoms with Crippen molar-refractivity contribution in [2.24, 2.45) is 0 Å². The zero-order chi connectivity index (χ0) is 27.8. The smallest absolute Gasteiger partial charge is 0.344 e. The fourth-order valence-electron chi connectivity index (χ4n) is 4.96. The second-order valence-corrected chi connectivity index (χ2v) is 13.6. The van der Waals surface area contributed by atoms with E-state index in [0.717, 1.165) is 52.8 Å². The van der Waals surface area contributed by atoms with E-state index >= 15 is 0 Å². The standard InChI is InChI=1S/C33H36O5Si/c1-21-24-13-10-18-35-28(24)17-16-25(21)29-26-15-14-23(36-20-22-11-8-7-9-12-22)19-27(26)31(34)37-30(29)33(5,6)38-39-32(2,3)4/h7-9,11-12,14-17,19H,10,13,18,20H2,1-6H3. The van der Waals surface area contributed by atoms with Gasteiger partial charge >= 0.3 is 5.63 Å². The van der Waals surface area contributed by atoms with Crippen molar-refractivity contribution in [1.29, 1.82) is 0 Å². The van der Waals surface area contributed by atoms with Crippen LogP contribution >= 0.6 is 0 Å². The van der Waals surface area contributed by atoms with Crippen LogP contribution in [0.4, 0.5) is 0 Å². The number of hydrogen-bond donors (Lipinski definition) is 0. The van der Waals surface area contributed by atoms with Crippen LogP contribution in [0.3, 0.4) is 0 Å². The predicted molar refractivity (Wildman–Crippen MR) is 157 cm³/mol. The third kappa shape index (κ3) is 5.82. The predicted octanol–water partition coefficient (Wildman–Crippen LogP) is 7.76. The van der Waals surface area contributed by atoms with E-state index in [-0.39, 0.29) is 14.8 Å². The van der Waals surface area contributed by atoms with Crippen LogP contribution in [0.25, 0.3) is 21.9 Å². The Labute approximate surface area is 233 Å². The minimum absolute atomic E-state index is 0.0152. The Balaban J connectivity index is 1.66. The van der Waals surface area contributed by atoms with Crippen LogP contribution in [0.15, 0.2) is 69.9 Å². The molecule has 1 aliphatic rings. The molecule has 202 valence electrons. The van der Waals surface area contributed by atoms with E-state index in [9.17, 15) is 4.79 Å². The maximum Gasteiger partial charge on any atom is 0.344 e. The lowest BCUT2D eigenvalue weighted by molar-refractivity contribution is 0.0804. The lowest BCUT2D eigenvalue weighted by Crippen LogP contribution is -2.29. The molecule has 2 heterocycles. The zero-order valence-corrected chi connectivity index (χ0v) is 24.6. The van der Waals surface area contributed by atoms with Crippen LogP contribution in [-0.4, -0.2) is 16.4 Å². The molecule has 1 aliphatic heterocycles. The highest BCUT2D eigenvalue weighted by Gasteiger charge is 2.33. The van der Waals surface area contributed by atoms with E-state index in [1.54, 1.807) is 6.07 Å². The molecule has 0 saturated carbocycles. The summed E-state index contributed by atoms with van der Waals surface area (Å²) in [5.74, 6) is 2.10. The summed E-state index contributed by atoms with van der Waals surface area (Å²) in [4.78, 5) is 13.5. The molecule has 4 aromatic rings. The molecule has 5 nitrogen and oxygen atoms in total. The minimum Gasteiger partial charge on any atom is -0.493 e. The molecule has 3 aromatic carbocycles. The van der Waals surface area contributed by atoms with Crippen molar-refractivity contribution in [3.63, 3.8) is 0 Å². The third-order valence-electron chi connectivity index (χ3n) is 6.96. The quantitative estimate of drug-likeness (QED) is 0.224. The van der Waals surface area contributed by atoms with Gasteiger partial charge in [-0.15, -0.1) is 0 Å². The van der Waals surface area contributed by atoms with Crippen LogP contribution in [0, 0.1) is 6.92 Å². The first-order valence-corrected chi connectivity index (χ1v) is 14.4. The van der Waals surface area contributed by atoms with Crippen LogP contribution in [0.1, 0.15) is 63.5 Å². The van der Waals surface area contributed by atoms with Crippen molar-refractivity contribution in [3.8, 4) is 22.6 Å². The maximum atomic E-state index is 13.5. The second kappa shape index (κ2) is 10.7. The molecule has 39 heavy (non-hydrogen) atoms. The lowest BCUT2D eigenvalue weighted by Gasteiger charge is -2.31. The highest BCUT2D eigenvalue weighted by atomic mass is 28.2. The number of ether oxygens (including phenoxy) is 2. The Morgan fingerprint density at radius 2 is 1.72 bits per heavy atom. The molecule has 5 rings (SSSR count). The van der Waals surface area contributed by atoms with Gasteiger partial charge in [-0.2, -0.15) is 0 Å². The van der Waals surface area contributed by atoms with Gasteiger partial charge in [0, 0.05) is 10.9 Å². The Bertz CT molecular complexity index is 1550. The SMILES string of the molecule is Cc1c(-c2c(C(C)(C)O[Si]C(C)(C)C)oc(=O)c3cc(OCc4ccccc4)ccc23)ccc2c1CCCO2. The van der Waals surface area contributed by atoms with Crippen molar-refractivity contribution >= 4 is 20.5 Å². The Morgan fingerprint density at radius 1 is 0.949 bits per heavy atom. The summed E-state index contributed by atoms with van der Waals surface area (Å²) >= 11 is 0. The summed E-state index contributed by atoms with van der Waals surface area (Å²) in [5, 5.41) is 1.30. The number of fused-ring (bicyclic) bond motifs is 2. The molecule has 0 aliphatic carbocycles. The van der Waals surface area contributed by atoms with Crippen LogP contribution in [-0.2, 0) is 23.1 Å². The van der Waals surface area contributed by atoms with Gasteiger partial charge in [0.15, 0.2) is 0 Å². The van der Waals surface area contributed by atoms with Crippen molar-refractivity contribution in [2.45, 2.75) is 71.6 Å². The van der Waals surface area contributed by atoms with Gasteiger partial charge in [0.1, 0.15) is 29.5 Å². The molecule has 0 unspecified atom stereocenters. The number of benzene rings is 3. The van der Waals surface area contributed by atoms with Crippen molar-refractivity contribution in [3.05, 3.63) is 93.5 Å². The normalized spacial score (nSPS) is 13.7. The fraction of sp³-hybridized carbons (Fsp3) is 0.364. The summed E-state index contributed by atoms with van der Waals surface area (Å²) in [6.45, 7) is 13.7. The van der Waals surface area contributed by atoms with Gasteiger partial charge in [0.2, 0.25) is 9.76 Å². The molecule has 2 radical (unpaired) electrons. The minimum atomic E-state index is -0.824. The third-order valence-corrected chi connectivity index (χ3v) is 8.19. The van der Waals surface area contributed by atoms with Crippen LogP contribution < -0.4 is 15.1 Å². The van der Waals surface area contributed by atoms with Gasteiger partial charge in [-0.25, -0.2) is 4.79 Å². The molecule has 0 N–H and O–H groups in total. The Kier molecular flexibility index (Phi) is 7.44. The van der Waals surface area contributed by atoms with Gasteiger partial charge in [-0.05, 0) is 85.2 Å². The summed E-state index contributed by atoms with van der Waals surface area (Å²) in [6, 6.07) is 19.8. The summed E-state index contributed by atoms with van der Waals surface area (Å²) in [5.41, 5.74) is 4.10. The van der Waals surface area contributed by atoms with E-state index in [1.807, 2.05) is 62.4 Å². The molecule has 0 atom stereocenters. The van der Waals surface area contributed by atoms with E-state index in [4.69, 9.17) is 18.3 Å². The highest BCUT2D eigenvalue weighted by Crippen LogP contribution is 2.43. The molecular weight excluding hydrogens is 504 g/mol. The first-order chi connectivity index (χ1) is 18.5. The van der Waals surface area contributed by atoms with Gasteiger partial charge < -0.3 is 18.3 Å².